The third kappa shape index (κ3) is 4.44. The first kappa shape index (κ1) is 22.2. The van der Waals surface area contributed by atoms with E-state index in [1.807, 2.05) is 7.05 Å². The van der Waals surface area contributed by atoms with Crippen LogP contribution in [0, 0.1) is 5.82 Å². The molecule has 0 radical (unpaired) electrons. The zero-order chi connectivity index (χ0) is 22.8. The lowest BCUT2D eigenvalue weighted by atomic mass is 10.0. The molecular weight excluding hydrogens is 413 g/mol. The predicted molar refractivity (Wildman–Crippen MR) is 118 cm³/mol. The van der Waals surface area contributed by atoms with E-state index in [4.69, 9.17) is 4.74 Å². The van der Waals surface area contributed by atoms with Crippen LogP contribution in [0.1, 0.15) is 18.2 Å². The normalized spacial score (nSPS) is 17.5. The molecule has 1 atom stereocenters. The van der Waals surface area contributed by atoms with Gasteiger partial charge in [0, 0.05) is 43.7 Å². The van der Waals surface area contributed by atoms with Crippen molar-refractivity contribution in [3.05, 3.63) is 53.5 Å². The second kappa shape index (κ2) is 9.22. The highest BCUT2D eigenvalue weighted by Crippen LogP contribution is 2.29. The zero-order valence-electron chi connectivity index (χ0n) is 18.4. The van der Waals surface area contributed by atoms with Crippen molar-refractivity contribution < 1.29 is 18.7 Å². The molecule has 1 N–H and O–H groups in total. The van der Waals surface area contributed by atoms with Gasteiger partial charge in [-0.2, -0.15) is 9.78 Å². The summed E-state index contributed by atoms with van der Waals surface area (Å²) in [6, 6.07) is 4.64. The highest BCUT2D eigenvalue weighted by Gasteiger charge is 2.31. The van der Waals surface area contributed by atoms with Crippen LogP contribution in [0.2, 0.25) is 0 Å². The number of hydrogen-bond donors (Lipinski definition) is 1. The molecule has 0 bridgehead atoms. The maximum Gasteiger partial charge on any atom is 0.343 e. The molecule has 9 heteroatoms. The third-order valence-corrected chi connectivity index (χ3v) is 5.95. The second-order valence-electron chi connectivity index (χ2n) is 8.35. The molecule has 2 amide bonds. The van der Waals surface area contributed by atoms with Gasteiger partial charge in [-0.3, -0.25) is 4.79 Å². The molecule has 1 aromatic heterocycles. The molecule has 2 aliphatic heterocycles. The van der Waals surface area contributed by atoms with Crippen LogP contribution in [-0.2, 0) is 22.6 Å². The van der Waals surface area contributed by atoms with Gasteiger partial charge in [0.15, 0.2) is 0 Å². The van der Waals surface area contributed by atoms with Crippen LogP contribution in [-0.4, -0.2) is 77.4 Å². The average Bonchev–Trinajstić information content (AvgIpc) is 3.17. The molecule has 170 valence electrons. The van der Waals surface area contributed by atoms with E-state index in [1.54, 1.807) is 24.0 Å². The fourth-order valence-corrected chi connectivity index (χ4v) is 4.03. The zero-order valence-corrected chi connectivity index (χ0v) is 18.4. The Kier molecular flexibility index (Phi) is 6.38. The molecule has 1 aromatic carbocycles. The summed E-state index contributed by atoms with van der Waals surface area (Å²) in [5.41, 5.74) is 3.37. The Hall–Kier alpha value is -3.04. The summed E-state index contributed by atoms with van der Waals surface area (Å²) in [6.07, 6.45) is 0.515. The summed E-state index contributed by atoms with van der Waals surface area (Å²) in [4.78, 5) is 30.3. The van der Waals surface area contributed by atoms with E-state index >= 15 is 0 Å². The lowest BCUT2D eigenvalue weighted by Crippen LogP contribution is -2.55. The number of nitrogens with one attached hydrogen (secondary N) is 1. The van der Waals surface area contributed by atoms with Gasteiger partial charge in [0.2, 0.25) is 5.91 Å². The number of ether oxygens (including phenoxy) is 1. The minimum Gasteiger partial charge on any atom is -0.376 e. The number of aromatic nitrogens is 2. The van der Waals surface area contributed by atoms with Crippen LogP contribution in [0.5, 0.6) is 0 Å². The Balaban J connectivity index is 1.60. The van der Waals surface area contributed by atoms with Crippen molar-refractivity contribution >= 4 is 11.9 Å². The van der Waals surface area contributed by atoms with E-state index in [0.29, 0.717) is 49.6 Å². The predicted octanol–water partition coefficient (Wildman–Crippen LogP) is 2.04. The molecule has 0 spiro atoms. The van der Waals surface area contributed by atoms with E-state index in [-0.39, 0.29) is 11.7 Å². The van der Waals surface area contributed by atoms with Crippen LogP contribution < -0.4 is 5.32 Å². The molecule has 8 nitrogen and oxygen atoms in total. The number of halogens is 1. The minimum absolute atomic E-state index is 0.165. The van der Waals surface area contributed by atoms with Crippen molar-refractivity contribution in [1.82, 2.24) is 24.9 Å². The van der Waals surface area contributed by atoms with Crippen LogP contribution in [0.4, 0.5) is 9.18 Å². The standard InChI is InChI=1S/C23H28FN5O3/c1-15(2)20(22(30)28-11-9-27(3)10-12-28)25-23(31)29-19-8-13-32-14-18(19)21(26-29)16-4-6-17(24)7-5-16/h4-7,20H,1,8-14H2,2-3H3,(H,25,31)/t20-/m0/s1. The summed E-state index contributed by atoms with van der Waals surface area (Å²) in [7, 11) is 2.02. The summed E-state index contributed by atoms with van der Waals surface area (Å²) in [6.45, 7) is 9.24. The highest BCUT2D eigenvalue weighted by molar-refractivity contribution is 5.90. The number of carbonyl (C=O) groups is 2. The minimum atomic E-state index is -0.833. The molecule has 2 aromatic rings. The Labute approximate surface area is 186 Å². The van der Waals surface area contributed by atoms with E-state index in [1.165, 1.54) is 16.8 Å². The van der Waals surface area contributed by atoms with Gasteiger partial charge in [-0.25, -0.2) is 9.18 Å². The smallest absolute Gasteiger partial charge is 0.343 e. The van der Waals surface area contributed by atoms with Gasteiger partial charge in [-0.1, -0.05) is 6.58 Å². The Bertz CT molecular complexity index is 1020. The van der Waals surface area contributed by atoms with Gasteiger partial charge in [-0.05, 0) is 43.8 Å². The van der Waals surface area contributed by atoms with E-state index in [2.05, 4.69) is 21.9 Å². The number of carbonyl (C=O) groups excluding carboxylic acids is 2. The third-order valence-electron chi connectivity index (χ3n) is 5.95. The van der Waals surface area contributed by atoms with Crippen molar-refractivity contribution in [3.63, 3.8) is 0 Å². The van der Waals surface area contributed by atoms with E-state index < -0.39 is 12.1 Å². The molecule has 0 saturated carbocycles. The Morgan fingerprint density at radius 2 is 1.88 bits per heavy atom. The quantitative estimate of drug-likeness (QED) is 0.735. The van der Waals surface area contributed by atoms with Crippen LogP contribution >= 0.6 is 0 Å². The summed E-state index contributed by atoms with van der Waals surface area (Å²) in [5, 5.41) is 7.35. The highest BCUT2D eigenvalue weighted by atomic mass is 19.1. The van der Waals surface area contributed by atoms with Crippen molar-refractivity contribution in [1.29, 1.82) is 0 Å². The Morgan fingerprint density at radius 3 is 2.53 bits per heavy atom. The fraction of sp³-hybridized carbons (Fsp3) is 0.435. The summed E-state index contributed by atoms with van der Waals surface area (Å²) in [5.74, 6) is -0.509. The average molecular weight is 442 g/mol. The van der Waals surface area contributed by atoms with Gasteiger partial charge in [-0.15, -0.1) is 0 Å². The van der Waals surface area contributed by atoms with Gasteiger partial charge in [0.05, 0.1) is 24.6 Å². The van der Waals surface area contributed by atoms with Crippen molar-refractivity contribution in [2.75, 3.05) is 39.8 Å². The van der Waals surface area contributed by atoms with Crippen molar-refractivity contribution in [3.8, 4) is 11.3 Å². The first-order chi connectivity index (χ1) is 15.3. The first-order valence-electron chi connectivity index (χ1n) is 10.7. The SMILES string of the molecule is C=C(C)[C@H](NC(=O)n1nc(-c2ccc(F)cc2)c2c1CCOC2)C(=O)N1CCN(C)CC1. The number of piperazine rings is 1. The molecule has 0 aliphatic carbocycles. The van der Waals surface area contributed by atoms with Gasteiger partial charge in [0.1, 0.15) is 11.9 Å². The molecule has 1 fully saturated rings. The summed E-state index contributed by atoms with van der Waals surface area (Å²) >= 11 is 0. The van der Waals surface area contributed by atoms with Gasteiger partial charge < -0.3 is 19.9 Å². The molecule has 2 aliphatic rings. The molecule has 3 heterocycles. The number of hydrogen-bond acceptors (Lipinski definition) is 5. The number of benzene rings is 1. The van der Waals surface area contributed by atoms with Crippen molar-refractivity contribution in [2.24, 2.45) is 0 Å². The van der Waals surface area contributed by atoms with Gasteiger partial charge >= 0.3 is 6.03 Å². The number of nitrogens with zero attached hydrogens (tertiary/aromatic N) is 4. The van der Waals surface area contributed by atoms with Crippen molar-refractivity contribution in [2.45, 2.75) is 26.0 Å². The lowest BCUT2D eigenvalue weighted by molar-refractivity contribution is -0.133. The first-order valence-corrected chi connectivity index (χ1v) is 10.7. The Morgan fingerprint density at radius 1 is 1.19 bits per heavy atom. The van der Waals surface area contributed by atoms with E-state index in [0.717, 1.165) is 24.3 Å². The van der Waals surface area contributed by atoms with Crippen LogP contribution in [0.3, 0.4) is 0 Å². The van der Waals surface area contributed by atoms with Crippen LogP contribution in [0.15, 0.2) is 36.4 Å². The topological polar surface area (TPSA) is 79.7 Å². The maximum absolute atomic E-state index is 13.4. The second-order valence-corrected chi connectivity index (χ2v) is 8.35. The molecule has 4 rings (SSSR count). The van der Waals surface area contributed by atoms with Crippen LogP contribution in [0.25, 0.3) is 11.3 Å². The number of rotatable bonds is 4. The largest absolute Gasteiger partial charge is 0.376 e. The number of amides is 2. The molecule has 32 heavy (non-hydrogen) atoms. The number of likely N-dealkylation sites (N-methyl/N-ethyl adjacent to an activating group) is 1. The van der Waals surface area contributed by atoms with E-state index in [9.17, 15) is 14.0 Å². The van der Waals surface area contributed by atoms with Gasteiger partial charge in [0.25, 0.3) is 0 Å². The molecular formula is C23H28FN5O3. The summed E-state index contributed by atoms with van der Waals surface area (Å²) < 4.78 is 20.3. The molecule has 0 unspecified atom stereocenters. The molecule has 1 saturated heterocycles. The monoisotopic (exact) mass is 441 g/mol. The maximum atomic E-state index is 13.4. The lowest BCUT2D eigenvalue weighted by Gasteiger charge is -2.34. The number of fused-ring (bicyclic) bond motifs is 1. The fourth-order valence-electron chi connectivity index (χ4n) is 4.03.